The van der Waals surface area contributed by atoms with Gasteiger partial charge in [-0.3, -0.25) is 0 Å². The summed E-state index contributed by atoms with van der Waals surface area (Å²) in [7, 11) is -3.00. The van der Waals surface area contributed by atoms with Crippen LogP contribution in [0, 0.1) is 5.92 Å². The van der Waals surface area contributed by atoms with Gasteiger partial charge in [0.05, 0.1) is 23.6 Å². The van der Waals surface area contributed by atoms with Gasteiger partial charge in [-0.2, -0.15) is 0 Å². The van der Waals surface area contributed by atoms with E-state index in [1.807, 2.05) is 29.2 Å². The maximum atomic E-state index is 12.1. The topological polar surface area (TPSA) is 40.6 Å². The summed E-state index contributed by atoms with van der Waals surface area (Å²) in [6, 6.07) is 7.78. The molecule has 0 unspecified atom stereocenters. The van der Waals surface area contributed by atoms with Crippen molar-refractivity contribution in [2.75, 3.05) is 23.0 Å². The fraction of sp³-hybridized carbons (Fsp3) is 0.533. The highest BCUT2D eigenvalue weighted by Crippen LogP contribution is 2.36. The Balaban J connectivity index is 2.01. The molecule has 0 radical (unpaired) electrons. The molecule has 0 saturated carbocycles. The Bertz CT molecular complexity index is 705. The molecule has 120 valence electrons. The van der Waals surface area contributed by atoms with E-state index in [-0.39, 0.29) is 23.6 Å². The normalized spacial score (nSPS) is 26.8. The first kappa shape index (κ1) is 16.2. The Morgan fingerprint density at radius 3 is 2.64 bits per heavy atom. The van der Waals surface area contributed by atoms with Gasteiger partial charge in [0.25, 0.3) is 0 Å². The molecule has 2 aliphatic rings. The predicted molar refractivity (Wildman–Crippen MR) is 97.0 cm³/mol. The van der Waals surface area contributed by atoms with E-state index >= 15 is 0 Å². The fourth-order valence-corrected chi connectivity index (χ4v) is 6.10. The van der Waals surface area contributed by atoms with Crippen molar-refractivity contribution in [3.05, 3.63) is 28.7 Å². The van der Waals surface area contributed by atoms with Gasteiger partial charge in [-0.1, -0.05) is 35.8 Å². The van der Waals surface area contributed by atoms with Gasteiger partial charge in [0.2, 0.25) is 0 Å². The highest BCUT2D eigenvalue weighted by molar-refractivity contribution is 9.10. The predicted octanol–water partition coefficient (Wildman–Crippen LogP) is 2.68. The lowest BCUT2D eigenvalue weighted by atomic mass is 10.1. The summed E-state index contributed by atoms with van der Waals surface area (Å²) in [6.07, 6.45) is 0. The number of hydrogen-bond acceptors (Lipinski definition) is 3. The zero-order valence-corrected chi connectivity index (χ0v) is 15.8. The highest BCUT2D eigenvalue weighted by atomic mass is 79.9. The smallest absolute Gasteiger partial charge is 0.176 e. The molecule has 2 aliphatic heterocycles. The van der Waals surface area contributed by atoms with Crippen molar-refractivity contribution in [2.45, 2.75) is 25.9 Å². The van der Waals surface area contributed by atoms with E-state index < -0.39 is 9.84 Å². The van der Waals surface area contributed by atoms with Crippen LogP contribution >= 0.6 is 28.1 Å². The molecular formula is C15H19BrN2O2S2. The molecule has 2 fully saturated rings. The van der Waals surface area contributed by atoms with Crippen LogP contribution in [0.25, 0.3) is 0 Å². The van der Waals surface area contributed by atoms with Crippen LogP contribution in [-0.4, -0.2) is 48.6 Å². The zero-order chi connectivity index (χ0) is 16.1. The number of rotatable bonds is 3. The van der Waals surface area contributed by atoms with Crippen molar-refractivity contribution < 1.29 is 8.42 Å². The monoisotopic (exact) mass is 402 g/mol. The number of sulfone groups is 1. The summed E-state index contributed by atoms with van der Waals surface area (Å²) in [6.45, 7) is 5.05. The first-order valence-corrected chi connectivity index (χ1v) is 10.4. The van der Waals surface area contributed by atoms with Gasteiger partial charge in [0.1, 0.15) is 0 Å². The molecule has 0 aromatic heterocycles. The van der Waals surface area contributed by atoms with E-state index in [9.17, 15) is 8.42 Å². The van der Waals surface area contributed by atoms with Gasteiger partial charge in [0.15, 0.2) is 14.9 Å². The quantitative estimate of drug-likeness (QED) is 0.726. The molecular weight excluding hydrogens is 384 g/mol. The number of anilines is 1. The van der Waals surface area contributed by atoms with Gasteiger partial charge < -0.3 is 9.80 Å². The lowest BCUT2D eigenvalue weighted by Crippen LogP contribution is -2.39. The van der Waals surface area contributed by atoms with Crippen LogP contribution in [0.15, 0.2) is 28.7 Å². The minimum absolute atomic E-state index is 0.0288. The number of nitrogens with zero attached hydrogens (tertiary/aromatic N) is 2. The first-order chi connectivity index (χ1) is 10.3. The van der Waals surface area contributed by atoms with Crippen molar-refractivity contribution in [1.29, 1.82) is 0 Å². The van der Waals surface area contributed by atoms with Gasteiger partial charge in [-0.05, 0) is 36.3 Å². The average Bonchev–Trinajstić information content (AvgIpc) is 2.82. The summed E-state index contributed by atoms with van der Waals surface area (Å²) < 4.78 is 25.2. The minimum Gasteiger partial charge on any atom is -0.342 e. The summed E-state index contributed by atoms with van der Waals surface area (Å²) in [5.41, 5.74) is 0.956. The van der Waals surface area contributed by atoms with E-state index in [0.717, 1.165) is 21.8 Å². The molecule has 22 heavy (non-hydrogen) atoms. The van der Waals surface area contributed by atoms with E-state index in [2.05, 4.69) is 34.7 Å². The molecule has 0 amide bonds. The molecule has 2 heterocycles. The summed E-state index contributed by atoms with van der Waals surface area (Å²) in [5.74, 6) is 0.817. The third-order valence-electron chi connectivity index (χ3n) is 4.13. The highest BCUT2D eigenvalue weighted by Gasteiger charge is 2.51. The second-order valence-electron chi connectivity index (χ2n) is 6.39. The molecule has 4 nitrogen and oxygen atoms in total. The second kappa shape index (κ2) is 5.76. The molecule has 0 bridgehead atoms. The maximum Gasteiger partial charge on any atom is 0.176 e. The number of benzene rings is 1. The fourth-order valence-electron chi connectivity index (χ4n) is 3.31. The molecule has 3 rings (SSSR count). The molecule has 2 atom stereocenters. The van der Waals surface area contributed by atoms with Crippen molar-refractivity contribution in [3.8, 4) is 0 Å². The number of thiocarbonyl (C=S) groups is 1. The van der Waals surface area contributed by atoms with E-state index in [1.165, 1.54) is 0 Å². The molecule has 0 N–H and O–H groups in total. The summed E-state index contributed by atoms with van der Waals surface area (Å²) in [5, 5.41) is 0.747. The largest absolute Gasteiger partial charge is 0.342 e. The van der Waals surface area contributed by atoms with Gasteiger partial charge in [0, 0.05) is 16.7 Å². The Labute approximate surface area is 145 Å². The Hall–Kier alpha value is -0.660. The van der Waals surface area contributed by atoms with Crippen LogP contribution in [0.1, 0.15) is 13.8 Å². The van der Waals surface area contributed by atoms with E-state index in [0.29, 0.717) is 5.92 Å². The lowest BCUT2D eigenvalue weighted by molar-refractivity contribution is 0.319. The van der Waals surface area contributed by atoms with Crippen molar-refractivity contribution in [2.24, 2.45) is 5.92 Å². The van der Waals surface area contributed by atoms with Crippen molar-refractivity contribution in [1.82, 2.24) is 4.90 Å². The average molecular weight is 403 g/mol. The zero-order valence-electron chi connectivity index (χ0n) is 12.6. The number of fused-ring (bicyclic) bond motifs is 1. The van der Waals surface area contributed by atoms with Crippen LogP contribution in [0.3, 0.4) is 0 Å². The maximum absolute atomic E-state index is 12.1. The summed E-state index contributed by atoms with van der Waals surface area (Å²) in [4.78, 5) is 4.13. The standard InChI is InChI=1S/C15H19BrN2O2S2/c1-10(2)7-17-13-8-22(19,20)9-14(13)18(15(17)21)12-5-3-4-11(16)6-12/h3-6,10,13-14H,7-9H2,1-2H3/t13-,14-/m1/s1. The van der Waals surface area contributed by atoms with Crippen LogP contribution in [0.2, 0.25) is 0 Å². The minimum atomic E-state index is -3.00. The Morgan fingerprint density at radius 1 is 1.32 bits per heavy atom. The Morgan fingerprint density at radius 2 is 2.00 bits per heavy atom. The molecule has 7 heteroatoms. The molecule has 0 aliphatic carbocycles. The van der Waals surface area contributed by atoms with E-state index in [4.69, 9.17) is 12.2 Å². The van der Waals surface area contributed by atoms with Crippen molar-refractivity contribution in [3.63, 3.8) is 0 Å². The van der Waals surface area contributed by atoms with Gasteiger partial charge in [-0.15, -0.1) is 0 Å². The van der Waals surface area contributed by atoms with E-state index in [1.54, 1.807) is 0 Å². The molecule has 0 spiro atoms. The molecule has 2 saturated heterocycles. The third-order valence-corrected chi connectivity index (χ3v) is 6.75. The molecule has 1 aromatic rings. The SMILES string of the molecule is CC(C)CN1C(=S)N(c2cccc(Br)c2)[C@@H]2CS(=O)(=O)C[C@H]21. The molecule has 1 aromatic carbocycles. The third kappa shape index (κ3) is 2.90. The van der Waals surface area contributed by atoms with Gasteiger partial charge >= 0.3 is 0 Å². The van der Waals surface area contributed by atoms with Crippen LogP contribution < -0.4 is 4.90 Å². The Kier molecular flexibility index (Phi) is 4.24. The first-order valence-electron chi connectivity index (χ1n) is 7.34. The van der Waals surface area contributed by atoms with Crippen molar-refractivity contribution >= 4 is 48.8 Å². The van der Waals surface area contributed by atoms with Crippen LogP contribution in [0.5, 0.6) is 0 Å². The van der Waals surface area contributed by atoms with Crippen LogP contribution in [-0.2, 0) is 9.84 Å². The van der Waals surface area contributed by atoms with Gasteiger partial charge in [-0.25, -0.2) is 8.42 Å². The van der Waals surface area contributed by atoms with Crippen LogP contribution in [0.4, 0.5) is 5.69 Å². The summed E-state index contributed by atoms with van der Waals surface area (Å²) >= 11 is 9.15. The number of hydrogen-bond donors (Lipinski definition) is 0. The lowest BCUT2D eigenvalue weighted by Gasteiger charge is -2.27. The second-order valence-corrected chi connectivity index (χ2v) is 9.82. The number of halogens is 1.